The molecule has 0 aliphatic heterocycles. The molecule has 0 aromatic rings. The molecule has 74 valence electrons. The van der Waals surface area contributed by atoms with Crippen LogP contribution in [0.5, 0.6) is 0 Å². The van der Waals surface area contributed by atoms with Gasteiger partial charge in [0.15, 0.2) is 0 Å². The lowest BCUT2D eigenvalue weighted by Gasteiger charge is -2.19. The van der Waals surface area contributed by atoms with Gasteiger partial charge in [-0.2, -0.15) is 4.79 Å². The molecule has 13 heavy (non-hydrogen) atoms. The van der Waals surface area contributed by atoms with Crippen molar-refractivity contribution in [1.29, 1.82) is 0 Å². The summed E-state index contributed by atoms with van der Waals surface area (Å²) in [6, 6.07) is 0. The van der Waals surface area contributed by atoms with Crippen LogP contribution >= 0.6 is 10.8 Å². The minimum Gasteiger partial charge on any atom is -0.361 e. The quantitative estimate of drug-likeness (QED) is 0.239. The van der Waals surface area contributed by atoms with Gasteiger partial charge in [0.2, 0.25) is 8.87 Å². The molecule has 0 unspecified atom stereocenters. The summed E-state index contributed by atoms with van der Waals surface area (Å²) >= 11 is 0. The van der Waals surface area contributed by atoms with Crippen molar-refractivity contribution >= 4 is 25.2 Å². The average Bonchev–Trinajstić information content (AvgIpc) is 2.16. The first-order valence-electron chi connectivity index (χ1n) is 4.25. The van der Waals surface area contributed by atoms with Gasteiger partial charge in [-0.15, -0.1) is 0 Å². The van der Waals surface area contributed by atoms with Crippen LogP contribution in [-0.2, 0) is 8.87 Å². The monoisotopic (exact) mass is 220 g/mol. The minimum atomic E-state index is -3.14. The molecule has 0 saturated heterocycles. The van der Waals surface area contributed by atoms with Crippen LogP contribution < -0.4 is 0 Å². The Morgan fingerprint density at radius 3 is 2.46 bits per heavy atom. The van der Waals surface area contributed by atoms with Crippen LogP contribution in [-0.4, -0.2) is 24.0 Å². The molecule has 0 aromatic heterocycles. The lowest BCUT2D eigenvalue weighted by atomic mass is 10.0. The van der Waals surface area contributed by atoms with Crippen molar-refractivity contribution < 1.29 is 13.2 Å². The maximum atomic E-state index is 11.5. The molecule has 0 radical (unpaired) electrons. The maximum Gasteiger partial charge on any atom is 0.329 e. The molecule has 1 rings (SSSR count). The van der Waals surface area contributed by atoms with Gasteiger partial charge in [0, 0.05) is 0 Å². The Balaban J connectivity index is 2.61. The molecule has 1 fully saturated rings. The fraction of sp³-hybridized carbons (Fsp3) is 0.857. The van der Waals surface area contributed by atoms with Gasteiger partial charge in [-0.25, -0.2) is 8.42 Å². The molecule has 0 amide bonds. The smallest absolute Gasteiger partial charge is 0.329 e. The number of nitrogens with zero attached hydrogens (tertiary/aromatic N) is 2. The zero-order valence-electron chi connectivity index (χ0n) is 7.22. The van der Waals surface area contributed by atoms with Crippen LogP contribution in [0.25, 0.3) is 5.53 Å². The summed E-state index contributed by atoms with van der Waals surface area (Å²) in [7, 11) is -2.52. The normalized spacial score (nSPS) is 19.4. The van der Waals surface area contributed by atoms with E-state index in [-0.39, 0.29) is 5.25 Å². The highest BCUT2D eigenvalue weighted by atomic mass is 33.1. The van der Waals surface area contributed by atoms with Crippen molar-refractivity contribution in [2.24, 2.45) is 0 Å². The first kappa shape index (κ1) is 10.8. The molecular formula is C7H12N2O2S2. The van der Waals surface area contributed by atoms with E-state index in [2.05, 4.69) is 4.79 Å². The van der Waals surface area contributed by atoms with Gasteiger partial charge in [0.05, 0.1) is 16.0 Å². The minimum absolute atomic E-state index is 0.246. The summed E-state index contributed by atoms with van der Waals surface area (Å²) in [4.78, 5) is 2.67. The molecule has 0 atom stereocenters. The second-order valence-corrected chi connectivity index (χ2v) is 7.10. The molecule has 0 N–H and O–H groups in total. The Morgan fingerprint density at radius 2 is 1.92 bits per heavy atom. The average molecular weight is 220 g/mol. The highest BCUT2D eigenvalue weighted by Gasteiger charge is 2.28. The lowest BCUT2D eigenvalue weighted by molar-refractivity contribution is 0.00846. The van der Waals surface area contributed by atoms with Crippen LogP contribution in [0.3, 0.4) is 0 Å². The van der Waals surface area contributed by atoms with Crippen molar-refractivity contribution in [3.8, 4) is 0 Å². The van der Waals surface area contributed by atoms with Gasteiger partial charge in [0.25, 0.3) is 0 Å². The summed E-state index contributed by atoms with van der Waals surface area (Å²) in [5.41, 5.74) is 9.07. The second kappa shape index (κ2) is 4.79. The second-order valence-electron chi connectivity index (χ2n) is 3.07. The third-order valence-electron chi connectivity index (χ3n) is 2.18. The standard InChI is InChI=1S/C7H12N2O2S2/c8-9-6-12-13(10,11)7-4-2-1-3-5-7/h6-7H,1-5H2. The fourth-order valence-corrected chi connectivity index (χ4v) is 4.26. The van der Waals surface area contributed by atoms with Gasteiger partial charge in [0.1, 0.15) is 0 Å². The molecule has 1 aliphatic carbocycles. The van der Waals surface area contributed by atoms with Crippen molar-refractivity contribution in [3.05, 3.63) is 5.53 Å². The van der Waals surface area contributed by atoms with E-state index in [0.717, 1.165) is 37.7 Å². The molecule has 0 aromatic carbocycles. The Kier molecular flexibility index (Phi) is 3.96. The van der Waals surface area contributed by atoms with Crippen molar-refractivity contribution in [1.82, 2.24) is 0 Å². The zero-order chi connectivity index (χ0) is 9.73. The van der Waals surface area contributed by atoms with Gasteiger partial charge in [-0.1, -0.05) is 19.3 Å². The van der Waals surface area contributed by atoms with Crippen LogP contribution in [0.15, 0.2) is 0 Å². The molecule has 0 bridgehead atoms. The Bertz CT molecular complexity index is 300. The van der Waals surface area contributed by atoms with Gasteiger partial charge < -0.3 is 5.53 Å². The highest BCUT2D eigenvalue weighted by Crippen LogP contribution is 2.28. The topological polar surface area (TPSA) is 70.5 Å². The van der Waals surface area contributed by atoms with E-state index >= 15 is 0 Å². The van der Waals surface area contributed by atoms with Crippen LogP contribution in [0.2, 0.25) is 0 Å². The SMILES string of the molecule is [N-]=[N+]=CSS(=O)(=O)C1CCCCC1. The molecule has 4 nitrogen and oxygen atoms in total. The van der Waals surface area contributed by atoms with E-state index in [4.69, 9.17) is 5.53 Å². The van der Waals surface area contributed by atoms with E-state index in [1.165, 1.54) is 0 Å². The van der Waals surface area contributed by atoms with Gasteiger partial charge in [-0.05, 0) is 12.8 Å². The first-order chi connectivity index (χ1) is 6.17. The Hall–Kier alpha value is -0.320. The van der Waals surface area contributed by atoms with Crippen molar-refractivity contribution in [2.45, 2.75) is 37.4 Å². The van der Waals surface area contributed by atoms with E-state index in [1.54, 1.807) is 0 Å². The van der Waals surface area contributed by atoms with Crippen molar-refractivity contribution in [2.75, 3.05) is 0 Å². The predicted molar refractivity (Wildman–Crippen MR) is 53.1 cm³/mol. The molecule has 1 saturated carbocycles. The van der Waals surface area contributed by atoms with Crippen LogP contribution in [0.4, 0.5) is 0 Å². The fourth-order valence-electron chi connectivity index (χ4n) is 1.51. The van der Waals surface area contributed by atoms with Crippen LogP contribution in [0, 0.1) is 0 Å². The predicted octanol–water partition coefficient (Wildman–Crippen LogP) is 1.64. The molecule has 6 heteroatoms. The summed E-state index contributed by atoms with van der Waals surface area (Å²) in [5.74, 6) is 0. The van der Waals surface area contributed by atoms with E-state index in [0.29, 0.717) is 10.8 Å². The summed E-state index contributed by atoms with van der Waals surface area (Å²) < 4.78 is 23.0. The van der Waals surface area contributed by atoms with Gasteiger partial charge in [-0.3, -0.25) is 0 Å². The number of rotatable bonds is 3. The third kappa shape index (κ3) is 3.14. The molecular weight excluding hydrogens is 208 g/mol. The van der Waals surface area contributed by atoms with Crippen molar-refractivity contribution in [3.63, 3.8) is 0 Å². The Labute approximate surface area is 81.7 Å². The molecule has 1 aliphatic rings. The third-order valence-corrected chi connectivity index (χ3v) is 5.80. The summed E-state index contributed by atoms with van der Waals surface area (Å²) in [6.07, 6.45) is 4.59. The summed E-state index contributed by atoms with van der Waals surface area (Å²) in [5, 5.41) is -0.246. The Morgan fingerprint density at radius 1 is 1.31 bits per heavy atom. The first-order valence-corrected chi connectivity index (χ1v) is 7.19. The largest absolute Gasteiger partial charge is 0.361 e. The number of hydrogen-bond acceptors (Lipinski definition) is 3. The highest BCUT2D eigenvalue weighted by molar-refractivity contribution is 8.77. The zero-order valence-corrected chi connectivity index (χ0v) is 8.85. The lowest BCUT2D eigenvalue weighted by Crippen LogP contribution is -2.21. The number of hydrogen-bond donors (Lipinski definition) is 0. The van der Waals surface area contributed by atoms with Crippen LogP contribution in [0.1, 0.15) is 32.1 Å². The molecule has 0 heterocycles. The van der Waals surface area contributed by atoms with E-state index in [9.17, 15) is 8.42 Å². The maximum absolute atomic E-state index is 11.5. The van der Waals surface area contributed by atoms with E-state index in [1.807, 2.05) is 0 Å². The van der Waals surface area contributed by atoms with Gasteiger partial charge >= 0.3 is 5.55 Å². The molecule has 0 spiro atoms. The summed E-state index contributed by atoms with van der Waals surface area (Å²) in [6.45, 7) is 0. The van der Waals surface area contributed by atoms with E-state index < -0.39 is 8.87 Å².